The van der Waals surface area contributed by atoms with Crippen LogP contribution in [-0.2, 0) is 17.6 Å². The maximum atomic E-state index is 13.4. The topological polar surface area (TPSA) is 64.7 Å². The molecule has 3 atom stereocenters. The first-order valence-electron chi connectivity index (χ1n) is 11.7. The number of piperazine rings is 1. The van der Waals surface area contributed by atoms with Gasteiger partial charge in [-0.25, -0.2) is 4.79 Å². The third-order valence-corrected chi connectivity index (χ3v) is 6.54. The van der Waals surface area contributed by atoms with Gasteiger partial charge in [-0.15, -0.1) is 0 Å². The van der Waals surface area contributed by atoms with Crippen molar-refractivity contribution in [1.29, 1.82) is 0 Å². The van der Waals surface area contributed by atoms with Crippen LogP contribution in [0.3, 0.4) is 0 Å². The van der Waals surface area contributed by atoms with E-state index in [9.17, 15) is 9.59 Å². The predicted octanol–water partition coefficient (Wildman–Crippen LogP) is 2.99. The number of rotatable bonds is 9. The number of carbonyl (C=O) groups is 2. The summed E-state index contributed by atoms with van der Waals surface area (Å²) in [5, 5.41) is 6.15. The van der Waals surface area contributed by atoms with E-state index in [-0.39, 0.29) is 23.2 Å². The number of urea groups is 1. The van der Waals surface area contributed by atoms with Crippen molar-refractivity contribution >= 4 is 24.6 Å². The van der Waals surface area contributed by atoms with Gasteiger partial charge in [0.05, 0.1) is 0 Å². The smallest absolute Gasteiger partial charge is 0.318 e. The molecule has 0 unspecified atom stereocenters. The van der Waals surface area contributed by atoms with Crippen LogP contribution in [0.25, 0.3) is 0 Å². The number of amides is 3. The Hall–Kier alpha value is -2.51. The maximum absolute atomic E-state index is 13.4. The molecule has 178 valence electrons. The van der Waals surface area contributed by atoms with Gasteiger partial charge >= 0.3 is 6.03 Å². The summed E-state index contributed by atoms with van der Waals surface area (Å²) in [6.07, 6.45) is 2.08. The number of thiol groups is 1. The number of nitrogens with zero attached hydrogens (tertiary/aromatic N) is 2. The van der Waals surface area contributed by atoms with E-state index in [0.717, 1.165) is 31.5 Å². The quantitative estimate of drug-likeness (QED) is 0.496. The average Bonchev–Trinajstić information content (AvgIpc) is 2.82. The molecule has 3 amide bonds. The number of nitrogens with one attached hydrogen (secondary N) is 2. The van der Waals surface area contributed by atoms with Gasteiger partial charge in [0.25, 0.3) is 0 Å². The molecular weight excluding hydrogens is 432 g/mol. The number of carbonyl (C=O) groups excluding carboxylic acids is 2. The zero-order valence-corrected chi connectivity index (χ0v) is 20.5. The monoisotopic (exact) mass is 468 g/mol. The lowest BCUT2D eigenvalue weighted by atomic mass is 10.0. The second-order valence-corrected chi connectivity index (χ2v) is 9.68. The Morgan fingerprint density at radius 2 is 1.48 bits per heavy atom. The van der Waals surface area contributed by atoms with Crippen molar-refractivity contribution < 1.29 is 9.59 Å². The van der Waals surface area contributed by atoms with Crippen LogP contribution in [0.2, 0.25) is 0 Å². The third-order valence-electron chi connectivity index (χ3n) is 6.18. The van der Waals surface area contributed by atoms with Crippen LogP contribution >= 0.6 is 12.6 Å². The normalized spacial score (nSPS) is 17.1. The van der Waals surface area contributed by atoms with Crippen molar-refractivity contribution in [3.8, 4) is 0 Å². The van der Waals surface area contributed by atoms with E-state index in [4.69, 9.17) is 0 Å². The molecule has 1 aliphatic heterocycles. The van der Waals surface area contributed by atoms with Crippen LogP contribution < -0.4 is 10.6 Å². The highest BCUT2D eigenvalue weighted by Crippen LogP contribution is 2.13. The molecule has 0 aliphatic carbocycles. The molecule has 0 radical (unpaired) electrons. The van der Waals surface area contributed by atoms with Crippen LogP contribution in [0.5, 0.6) is 0 Å². The van der Waals surface area contributed by atoms with Crippen LogP contribution in [0.1, 0.15) is 24.5 Å². The van der Waals surface area contributed by atoms with Gasteiger partial charge in [0.2, 0.25) is 5.91 Å². The van der Waals surface area contributed by atoms with Crippen molar-refractivity contribution in [3.63, 3.8) is 0 Å². The fourth-order valence-corrected chi connectivity index (χ4v) is 4.22. The zero-order chi connectivity index (χ0) is 23.6. The highest BCUT2D eigenvalue weighted by Gasteiger charge is 2.28. The van der Waals surface area contributed by atoms with Gasteiger partial charge < -0.3 is 20.4 Å². The molecule has 1 heterocycles. The number of hydrogen-bond donors (Lipinski definition) is 3. The first-order valence-corrected chi connectivity index (χ1v) is 12.2. The lowest BCUT2D eigenvalue weighted by molar-refractivity contribution is -0.123. The summed E-state index contributed by atoms with van der Waals surface area (Å²) in [4.78, 5) is 30.3. The average molecular weight is 469 g/mol. The molecule has 6 nitrogen and oxygen atoms in total. The van der Waals surface area contributed by atoms with E-state index >= 15 is 0 Å². The summed E-state index contributed by atoms with van der Waals surface area (Å²) in [5.74, 6) is -0.166. The molecule has 7 heteroatoms. The van der Waals surface area contributed by atoms with E-state index in [0.29, 0.717) is 19.5 Å². The largest absolute Gasteiger partial charge is 0.350 e. The van der Waals surface area contributed by atoms with Crippen molar-refractivity contribution in [3.05, 3.63) is 71.8 Å². The van der Waals surface area contributed by atoms with Crippen molar-refractivity contribution in [2.45, 2.75) is 43.5 Å². The number of hydrogen-bond acceptors (Lipinski definition) is 4. The third kappa shape index (κ3) is 8.09. The Kier molecular flexibility index (Phi) is 9.63. The molecule has 1 aliphatic rings. The Balaban J connectivity index is 1.66. The summed E-state index contributed by atoms with van der Waals surface area (Å²) < 4.78 is 0. The van der Waals surface area contributed by atoms with Gasteiger partial charge in [-0.1, -0.05) is 67.6 Å². The fraction of sp³-hybridized carbons (Fsp3) is 0.462. The Morgan fingerprint density at radius 3 is 2.06 bits per heavy atom. The van der Waals surface area contributed by atoms with E-state index in [1.54, 1.807) is 4.90 Å². The van der Waals surface area contributed by atoms with Gasteiger partial charge in [-0.2, -0.15) is 12.6 Å². The van der Waals surface area contributed by atoms with Crippen molar-refractivity contribution in [1.82, 2.24) is 20.4 Å². The van der Waals surface area contributed by atoms with Gasteiger partial charge in [0.15, 0.2) is 0 Å². The second-order valence-electron chi connectivity index (χ2n) is 8.86. The van der Waals surface area contributed by atoms with E-state index in [1.165, 1.54) is 5.56 Å². The molecule has 0 spiro atoms. The van der Waals surface area contributed by atoms with Crippen molar-refractivity contribution in [2.75, 3.05) is 33.2 Å². The van der Waals surface area contributed by atoms with Crippen molar-refractivity contribution in [2.24, 2.45) is 0 Å². The minimum Gasteiger partial charge on any atom is -0.350 e. The fourth-order valence-electron chi connectivity index (χ4n) is 3.99. The van der Waals surface area contributed by atoms with Crippen LogP contribution in [0.4, 0.5) is 4.79 Å². The van der Waals surface area contributed by atoms with Gasteiger partial charge in [-0.05, 0) is 31.0 Å². The predicted molar refractivity (Wildman–Crippen MR) is 137 cm³/mol. The molecule has 1 fully saturated rings. The molecule has 0 aromatic heterocycles. The SMILES string of the molecule is C[C@@H](S)[C@H](CCc1ccccc1)NC(=O)[C@H](Cc1ccccc1)NC(=O)N1CCN(C)CC1. The molecule has 3 rings (SSSR count). The molecule has 0 bridgehead atoms. The Morgan fingerprint density at radius 1 is 0.909 bits per heavy atom. The molecule has 2 aromatic carbocycles. The van der Waals surface area contributed by atoms with Crippen LogP contribution in [-0.4, -0.2) is 72.3 Å². The number of likely N-dealkylation sites (N-methyl/N-ethyl adjacent to an activating group) is 1. The standard InChI is InChI=1S/C26H36N4O2S/c1-20(33)23(14-13-21-9-5-3-6-10-21)27-25(31)24(19-22-11-7-4-8-12-22)28-26(32)30-17-15-29(2)16-18-30/h3-12,20,23-24,33H,13-19H2,1-2H3,(H,27,31)(H,28,32)/t20-,23+,24+/m1/s1. The molecule has 2 N–H and O–H groups in total. The summed E-state index contributed by atoms with van der Waals surface area (Å²) in [6.45, 7) is 4.99. The molecule has 1 saturated heterocycles. The molecule has 33 heavy (non-hydrogen) atoms. The lowest BCUT2D eigenvalue weighted by Crippen LogP contribution is -2.57. The van der Waals surface area contributed by atoms with E-state index < -0.39 is 6.04 Å². The molecular formula is C26H36N4O2S. The Bertz CT molecular complexity index is 870. The minimum absolute atomic E-state index is 0.0108. The van der Waals surface area contributed by atoms with Gasteiger partial charge in [0, 0.05) is 43.9 Å². The van der Waals surface area contributed by atoms with E-state index in [1.807, 2.05) is 55.5 Å². The first-order chi connectivity index (χ1) is 15.9. The summed E-state index contributed by atoms with van der Waals surface area (Å²) in [7, 11) is 2.05. The van der Waals surface area contributed by atoms with Crippen LogP contribution in [0, 0.1) is 0 Å². The lowest BCUT2D eigenvalue weighted by Gasteiger charge is -2.33. The zero-order valence-electron chi connectivity index (χ0n) is 19.6. The maximum Gasteiger partial charge on any atom is 0.318 e. The first kappa shape index (κ1) is 25.1. The van der Waals surface area contributed by atoms with Crippen LogP contribution in [0.15, 0.2) is 60.7 Å². The van der Waals surface area contributed by atoms with Gasteiger partial charge in [-0.3, -0.25) is 4.79 Å². The highest BCUT2D eigenvalue weighted by atomic mass is 32.1. The highest BCUT2D eigenvalue weighted by molar-refractivity contribution is 7.81. The number of aryl methyl sites for hydroxylation is 1. The summed E-state index contributed by atoms with van der Waals surface area (Å²) in [5.41, 5.74) is 2.24. The van der Waals surface area contributed by atoms with E-state index in [2.05, 4.69) is 47.3 Å². The second kappa shape index (κ2) is 12.7. The molecule has 0 saturated carbocycles. The Labute approximate surface area is 203 Å². The summed E-state index contributed by atoms with van der Waals surface area (Å²) >= 11 is 4.63. The van der Waals surface area contributed by atoms with Gasteiger partial charge in [0.1, 0.15) is 6.04 Å². The minimum atomic E-state index is -0.647. The summed E-state index contributed by atoms with van der Waals surface area (Å²) in [6, 6.07) is 19.1. The number of benzene rings is 2. The molecule has 2 aromatic rings.